The molecular weight excluding hydrogens is 333 g/mol. The molecule has 5 heteroatoms. The largest absolute Gasteiger partial charge is 0.481 e. The van der Waals surface area contributed by atoms with Crippen LogP contribution in [0.3, 0.4) is 0 Å². The second kappa shape index (κ2) is 6.91. The molecule has 0 bridgehead atoms. The molecule has 23 heavy (non-hydrogen) atoms. The maximum atomic E-state index is 11.7. The van der Waals surface area contributed by atoms with E-state index in [9.17, 15) is 9.90 Å². The monoisotopic (exact) mass is 349 g/mol. The molecular formula is C18H17Cl2NO2. The van der Waals surface area contributed by atoms with E-state index >= 15 is 0 Å². The Morgan fingerprint density at radius 1 is 1.13 bits per heavy atom. The van der Waals surface area contributed by atoms with E-state index in [0.29, 0.717) is 23.1 Å². The average Bonchev–Trinajstić information content (AvgIpc) is 2.92. The zero-order valence-corrected chi connectivity index (χ0v) is 14.0. The van der Waals surface area contributed by atoms with Crippen molar-refractivity contribution in [3.05, 3.63) is 69.7 Å². The number of carboxylic acids is 1. The van der Waals surface area contributed by atoms with Crippen molar-refractivity contribution >= 4 is 29.2 Å². The van der Waals surface area contributed by atoms with Crippen molar-refractivity contribution in [1.82, 2.24) is 4.90 Å². The molecule has 1 aliphatic heterocycles. The van der Waals surface area contributed by atoms with Crippen LogP contribution in [-0.4, -0.2) is 29.1 Å². The summed E-state index contributed by atoms with van der Waals surface area (Å²) in [5.74, 6) is -1.37. The lowest BCUT2D eigenvalue weighted by Crippen LogP contribution is -2.23. The molecule has 1 N–H and O–H groups in total. The van der Waals surface area contributed by atoms with Crippen LogP contribution in [-0.2, 0) is 11.3 Å². The van der Waals surface area contributed by atoms with Gasteiger partial charge in [-0.05, 0) is 23.3 Å². The summed E-state index contributed by atoms with van der Waals surface area (Å²) in [4.78, 5) is 13.8. The summed E-state index contributed by atoms with van der Waals surface area (Å²) in [7, 11) is 0. The first-order chi connectivity index (χ1) is 11.0. The van der Waals surface area contributed by atoms with Gasteiger partial charge in [0.05, 0.1) is 5.92 Å². The normalized spacial score (nSPS) is 21.5. The van der Waals surface area contributed by atoms with Crippen LogP contribution >= 0.6 is 23.2 Å². The Labute approximate surface area is 145 Å². The standard InChI is InChI=1S/C18H17Cl2NO2/c19-13-6-7-14(17(20)8-13)15-10-21(11-16(15)18(22)23)9-12-4-2-1-3-5-12/h1-8,15-16H,9-11H2,(H,22,23)/t15-,16-/m0/s1. The third kappa shape index (κ3) is 3.69. The number of rotatable bonds is 4. The molecule has 3 rings (SSSR count). The summed E-state index contributed by atoms with van der Waals surface area (Å²) in [5.41, 5.74) is 2.04. The van der Waals surface area contributed by atoms with Gasteiger partial charge in [-0.25, -0.2) is 0 Å². The molecule has 2 atom stereocenters. The number of nitrogens with zero attached hydrogens (tertiary/aromatic N) is 1. The topological polar surface area (TPSA) is 40.5 Å². The first-order valence-electron chi connectivity index (χ1n) is 7.48. The van der Waals surface area contributed by atoms with Crippen molar-refractivity contribution < 1.29 is 9.90 Å². The lowest BCUT2D eigenvalue weighted by molar-refractivity contribution is -0.141. The lowest BCUT2D eigenvalue weighted by Gasteiger charge is -2.17. The van der Waals surface area contributed by atoms with Gasteiger partial charge in [0.15, 0.2) is 0 Å². The van der Waals surface area contributed by atoms with Crippen molar-refractivity contribution in [3.63, 3.8) is 0 Å². The maximum Gasteiger partial charge on any atom is 0.308 e. The number of likely N-dealkylation sites (tertiary alicyclic amines) is 1. The highest BCUT2D eigenvalue weighted by Crippen LogP contribution is 2.38. The summed E-state index contributed by atoms with van der Waals surface area (Å²) >= 11 is 12.2. The molecule has 0 amide bonds. The highest BCUT2D eigenvalue weighted by atomic mass is 35.5. The van der Waals surface area contributed by atoms with Crippen molar-refractivity contribution in [2.45, 2.75) is 12.5 Å². The van der Waals surface area contributed by atoms with Gasteiger partial charge < -0.3 is 5.11 Å². The van der Waals surface area contributed by atoms with E-state index in [-0.39, 0.29) is 5.92 Å². The van der Waals surface area contributed by atoms with Crippen LogP contribution in [0.2, 0.25) is 10.0 Å². The predicted octanol–water partition coefficient (Wildman–Crippen LogP) is 4.29. The van der Waals surface area contributed by atoms with Crippen molar-refractivity contribution in [3.8, 4) is 0 Å². The molecule has 0 aliphatic carbocycles. The molecule has 0 spiro atoms. The van der Waals surface area contributed by atoms with Gasteiger partial charge in [0, 0.05) is 35.6 Å². The molecule has 2 aromatic carbocycles. The van der Waals surface area contributed by atoms with Gasteiger partial charge >= 0.3 is 5.97 Å². The summed E-state index contributed by atoms with van der Waals surface area (Å²) in [6.45, 7) is 1.94. The van der Waals surface area contributed by atoms with Gasteiger partial charge in [0.25, 0.3) is 0 Å². The van der Waals surface area contributed by atoms with Gasteiger partial charge in [0.2, 0.25) is 0 Å². The second-order valence-corrected chi connectivity index (χ2v) is 6.74. The van der Waals surface area contributed by atoms with Crippen molar-refractivity contribution in [2.75, 3.05) is 13.1 Å². The van der Waals surface area contributed by atoms with E-state index in [4.69, 9.17) is 23.2 Å². The second-order valence-electron chi connectivity index (χ2n) is 5.90. The first-order valence-corrected chi connectivity index (χ1v) is 8.24. The van der Waals surface area contributed by atoms with Gasteiger partial charge in [-0.1, -0.05) is 59.6 Å². The molecule has 0 radical (unpaired) electrons. The third-order valence-electron chi connectivity index (χ3n) is 4.32. The fourth-order valence-corrected chi connectivity index (χ4v) is 3.77. The number of carbonyl (C=O) groups is 1. The van der Waals surface area contributed by atoms with Crippen molar-refractivity contribution in [1.29, 1.82) is 0 Å². The van der Waals surface area contributed by atoms with Gasteiger partial charge in [-0.2, -0.15) is 0 Å². The fourth-order valence-electron chi connectivity index (χ4n) is 3.22. The van der Waals surface area contributed by atoms with Crippen molar-refractivity contribution in [2.24, 2.45) is 5.92 Å². The Balaban J connectivity index is 1.83. The van der Waals surface area contributed by atoms with E-state index in [2.05, 4.69) is 17.0 Å². The van der Waals surface area contributed by atoms with Crippen LogP contribution in [0.1, 0.15) is 17.0 Å². The summed E-state index contributed by atoms with van der Waals surface area (Å²) in [5, 5.41) is 10.7. The Kier molecular flexibility index (Phi) is 4.90. The Morgan fingerprint density at radius 3 is 2.52 bits per heavy atom. The van der Waals surface area contributed by atoms with E-state index in [1.165, 1.54) is 5.56 Å². The van der Waals surface area contributed by atoms with Gasteiger partial charge in [-0.3, -0.25) is 9.69 Å². The minimum Gasteiger partial charge on any atom is -0.481 e. The molecule has 0 saturated carbocycles. The molecule has 1 aliphatic rings. The van der Waals surface area contributed by atoms with E-state index < -0.39 is 11.9 Å². The smallest absolute Gasteiger partial charge is 0.308 e. The van der Waals surface area contributed by atoms with Gasteiger partial charge in [0.1, 0.15) is 0 Å². The lowest BCUT2D eigenvalue weighted by atomic mass is 9.89. The highest BCUT2D eigenvalue weighted by molar-refractivity contribution is 6.35. The molecule has 0 unspecified atom stereocenters. The van der Waals surface area contributed by atoms with Crippen LogP contribution in [0, 0.1) is 5.92 Å². The quantitative estimate of drug-likeness (QED) is 0.894. The van der Waals surface area contributed by atoms with Crippen LogP contribution in [0.25, 0.3) is 0 Å². The molecule has 2 aromatic rings. The third-order valence-corrected chi connectivity index (χ3v) is 4.89. The molecule has 1 heterocycles. The molecule has 1 fully saturated rings. The molecule has 3 nitrogen and oxygen atoms in total. The summed E-state index contributed by atoms with van der Waals surface area (Å²) in [6.07, 6.45) is 0. The van der Waals surface area contributed by atoms with Crippen LogP contribution < -0.4 is 0 Å². The van der Waals surface area contributed by atoms with E-state index in [1.54, 1.807) is 12.1 Å². The molecule has 1 saturated heterocycles. The Morgan fingerprint density at radius 2 is 1.87 bits per heavy atom. The van der Waals surface area contributed by atoms with Crippen LogP contribution in [0.5, 0.6) is 0 Å². The number of hydrogen-bond acceptors (Lipinski definition) is 2. The Bertz CT molecular complexity index is 705. The maximum absolute atomic E-state index is 11.7. The summed E-state index contributed by atoms with van der Waals surface area (Å²) in [6, 6.07) is 15.4. The minimum absolute atomic E-state index is 0.124. The number of halogens is 2. The molecule has 0 aromatic heterocycles. The number of benzene rings is 2. The number of carboxylic acid groups (broad SMARTS) is 1. The van der Waals surface area contributed by atoms with Crippen LogP contribution in [0.4, 0.5) is 0 Å². The number of aliphatic carboxylic acids is 1. The Hall–Kier alpha value is -1.55. The first kappa shape index (κ1) is 16.3. The SMILES string of the molecule is O=C(O)[C@H]1CN(Cc2ccccc2)C[C@H]1c1ccc(Cl)cc1Cl. The zero-order valence-electron chi connectivity index (χ0n) is 12.5. The fraction of sp³-hybridized carbons (Fsp3) is 0.278. The van der Waals surface area contributed by atoms with Gasteiger partial charge in [-0.15, -0.1) is 0 Å². The average molecular weight is 350 g/mol. The highest BCUT2D eigenvalue weighted by Gasteiger charge is 2.39. The zero-order chi connectivity index (χ0) is 16.4. The minimum atomic E-state index is -0.781. The van der Waals surface area contributed by atoms with E-state index in [1.807, 2.05) is 24.3 Å². The van der Waals surface area contributed by atoms with Crippen LogP contribution in [0.15, 0.2) is 48.5 Å². The summed E-state index contributed by atoms with van der Waals surface area (Å²) < 4.78 is 0. The van der Waals surface area contributed by atoms with E-state index in [0.717, 1.165) is 12.1 Å². The number of hydrogen-bond donors (Lipinski definition) is 1. The predicted molar refractivity (Wildman–Crippen MR) is 92.0 cm³/mol. The molecule has 120 valence electrons.